The Bertz CT molecular complexity index is 288. The Morgan fingerprint density at radius 2 is 2.11 bits per heavy atom. The number of nitrogens with zero attached hydrogens (tertiary/aromatic N) is 1. The van der Waals surface area contributed by atoms with Gasteiger partial charge in [0, 0.05) is 38.1 Å². The van der Waals surface area contributed by atoms with E-state index in [1.807, 2.05) is 13.8 Å². The van der Waals surface area contributed by atoms with Gasteiger partial charge in [0.05, 0.1) is 6.54 Å². The molecule has 0 aliphatic carbocycles. The number of terminal acetylenes is 1. The lowest BCUT2D eigenvalue weighted by molar-refractivity contribution is -0.121. The minimum absolute atomic E-state index is 0.127. The molecule has 0 saturated carbocycles. The number of likely N-dealkylation sites (tertiary alicyclic amines) is 1. The summed E-state index contributed by atoms with van der Waals surface area (Å²) in [5.41, 5.74) is 0. The molecule has 102 valence electrons. The molecule has 1 rings (SSSR count). The lowest BCUT2D eigenvalue weighted by Crippen LogP contribution is -2.43. The van der Waals surface area contributed by atoms with Crippen LogP contribution < -0.4 is 10.6 Å². The van der Waals surface area contributed by atoms with Gasteiger partial charge < -0.3 is 10.6 Å². The molecule has 0 aromatic heterocycles. The Hall–Kier alpha value is -1.05. The van der Waals surface area contributed by atoms with Crippen LogP contribution in [0.4, 0.5) is 0 Å². The second-order valence-electron chi connectivity index (χ2n) is 5.18. The number of amides is 1. The molecule has 0 bridgehead atoms. The van der Waals surface area contributed by atoms with E-state index in [4.69, 9.17) is 6.42 Å². The van der Waals surface area contributed by atoms with E-state index >= 15 is 0 Å². The van der Waals surface area contributed by atoms with Crippen LogP contribution in [-0.4, -0.2) is 49.1 Å². The third kappa shape index (κ3) is 6.04. The molecule has 1 aliphatic heterocycles. The van der Waals surface area contributed by atoms with Gasteiger partial charge in [-0.2, -0.15) is 0 Å². The van der Waals surface area contributed by atoms with Crippen molar-refractivity contribution in [3.05, 3.63) is 0 Å². The molecule has 1 amide bonds. The zero-order valence-corrected chi connectivity index (χ0v) is 11.5. The molecule has 0 atom stereocenters. The van der Waals surface area contributed by atoms with Crippen molar-refractivity contribution >= 4 is 5.91 Å². The largest absolute Gasteiger partial charge is 0.354 e. The fraction of sp³-hybridized carbons (Fsp3) is 0.786. The van der Waals surface area contributed by atoms with Crippen LogP contribution in [0, 0.1) is 12.3 Å². The Balaban J connectivity index is 2.08. The van der Waals surface area contributed by atoms with Gasteiger partial charge in [-0.1, -0.05) is 5.92 Å². The smallest absolute Gasteiger partial charge is 0.221 e. The molecule has 0 unspecified atom stereocenters. The van der Waals surface area contributed by atoms with Crippen LogP contribution in [0.5, 0.6) is 0 Å². The number of carbonyl (C=O) groups is 1. The molecule has 2 N–H and O–H groups in total. The maximum Gasteiger partial charge on any atom is 0.221 e. The van der Waals surface area contributed by atoms with Gasteiger partial charge in [-0.15, -0.1) is 6.42 Å². The minimum Gasteiger partial charge on any atom is -0.354 e. The van der Waals surface area contributed by atoms with Gasteiger partial charge in [0.2, 0.25) is 5.91 Å². The monoisotopic (exact) mass is 251 g/mol. The second kappa shape index (κ2) is 8.12. The first-order valence-corrected chi connectivity index (χ1v) is 6.80. The fourth-order valence-electron chi connectivity index (χ4n) is 2.21. The van der Waals surface area contributed by atoms with E-state index in [9.17, 15) is 4.79 Å². The van der Waals surface area contributed by atoms with Gasteiger partial charge in [0.15, 0.2) is 0 Å². The van der Waals surface area contributed by atoms with E-state index in [-0.39, 0.29) is 11.9 Å². The van der Waals surface area contributed by atoms with Gasteiger partial charge in [0.25, 0.3) is 0 Å². The van der Waals surface area contributed by atoms with E-state index in [1.54, 1.807) is 0 Å². The van der Waals surface area contributed by atoms with Gasteiger partial charge in [-0.05, 0) is 26.7 Å². The van der Waals surface area contributed by atoms with E-state index in [1.165, 1.54) is 0 Å². The number of rotatable bonds is 6. The lowest BCUT2D eigenvalue weighted by atomic mass is 10.1. The molecule has 0 radical (unpaired) electrons. The molecule has 4 nitrogen and oxygen atoms in total. The van der Waals surface area contributed by atoms with Gasteiger partial charge >= 0.3 is 0 Å². The van der Waals surface area contributed by atoms with Crippen molar-refractivity contribution in [3.63, 3.8) is 0 Å². The molecular formula is C14H25N3O. The van der Waals surface area contributed by atoms with Crippen molar-refractivity contribution < 1.29 is 4.79 Å². The standard InChI is InChI=1S/C14H25N3O/c1-4-9-17-10-6-13(7-11-17)15-8-5-14(18)16-12(2)3/h1,12-13,15H,5-11H2,2-3H3,(H,16,18). The normalized spacial score (nSPS) is 17.7. The lowest BCUT2D eigenvalue weighted by Gasteiger charge is -2.31. The quantitative estimate of drug-likeness (QED) is 0.679. The third-order valence-corrected chi connectivity index (χ3v) is 3.14. The van der Waals surface area contributed by atoms with Crippen LogP contribution in [0.15, 0.2) is 0 Å². The van der Waals surface area contributed by atoms with Crippen LogP contribution in [0.1, 0.15) is 33.1 Å². The van der Waals surface area contributed by atoms with Crippen molar-refractivity contribution in [2.75, 3.05) is 26.2 Å². The van der Waals surface area contributed by atoms with Gasteiger partial charge in [-0.3, -0.25) is 9.69 Å². The van der Waals surface area contributed by atoms with Crippen LogP contribution in [0.2, 0.25) is 0 Å². The summed E-state index contributed by atoms with van der Waals surface area (Å²) in [6.45, 7) is 7.58. The summed E-state index contributed by atoms with van der Waals surface area (Å²) in [7, 11) is 0. The maximum atomic E-state index is 11.5. The zero-order chi connectivity index (χ0) is 13.4. The number of piperidine rings is 1. The molecule has 18 heavy (non-hydrogen) atoms. The average Bonchev–Trinajstić information content (AvgIpc) is 2.31. The highest BCUT2D eigenvalue weighted by Crippen LogP contribution is 2.09. The van der Waals surface area contributed by atoms with Gasteiger partial charge in [-0.25, -0.2) is 0 Å². The van der Waals surface area contributed by atoms with Crippen molar-refractivity contribution in [1.82, 2.24) is 15.5 Å². The molecule has 4 heteroatoms. The molecule has 1 heterocycles. The number of hydrogen-bond donors (Lipinski definition) is 2. The predicted molar refractivity (Wildman–Crippen MR) is 74.2 cm³/mol. The number of carbonyl (C=O) groups excluding carboxylic acids is 1. The first kappa shape index (κ1) is 15.0. The van der Waals surface area contributed by atoms with Crippen LogP contribution in [0.25, 0.3) is 0 Å². The minimum atomic E-state index is 0.127. The number of nitrogens with one attached hydrogen (secondary N) is 2. The third-order valence-electron chi connectivity index (χ3n) is 3.14. The summed E-state index contributed by atoms with van der Waals surface area (Å²) in [5.74, 6) is 2.81. The van der Waals surface area contributed by atoms with Crippen LogP contribution in [0.3, 0.4) is 0 Å². The van der Waals surface area contributed by atoms with E-state index in [0.29, 0.717) is 12.5 Å². The summed E-state index contributed by atoms with van der Waals surface area (Å²) in [5, 5.41) is 6.34. The van der Waals surface area contributed by atoms with Crippen molar-refractivity contribution in [1.29, 1.82) is 0 Å². The van der Waals surface area contributed by atoms with Crippen molar-refractivity contribution in [3.8, 4) is 12.3 Å². The Morgan fingerprint density at radius 1 is 1.44 bits per heavy atom. The van der Waals surface area contributed by atoms with Crippen LogP contribution in [-0.2, 0) is 4.79 Å². The molecule has 1 saturated heterocycles. The second-order valence-corrected chi connectivity index (χ2v) is 5.18. The summed E-state index contributed by atoms with van der Waals surface area (Å²) in [6.07, 6.45) is 8.09. The Morgan fingerprint density at radius 3 is 2.67 bits per heavy atom. The first-order chi connectivity index (χ1) is 8.61. The average molecular weight is 251 g/mol. The van der Waals surface area contributed by atoms with Crippen molar-refractivity contribution in [2.45, 2.75) is 45.2 Å². The number of hydrogen-bond acceptors (Lipinski definition) is 3. The highest BCUT2D eigenvalue weighted by molar-refractivity contribution is 5.76. The summed E-state index contributed by atoms with van der Waals surface area (Å²) < 4.78 is 0. The topological polar surface area (TPSA) is 44.4 Å². The van der Waals surface area contributed by atoms with Crippen LogP contribution >= 0.6 is 0 Å². The van der Waals surface area contributed by atoms with Crippen molar-refractivity contribution in [2.24, 2.45) is 0 Å². The fourth-order valence-corrected chi connectivity index (χ4v) is 2.21. The van der Waals surface area contributed by atoms with E-state index < -0.39 is 0 Å². The maximum absolute atomic E-state index is 11.5. The Kier molecular flexibility index (Phi) is 6.77. The first-order valence-electron chi connectivity index (χ1n) is 6.80. The summed E-state index contributed by atoms with van der Waals surface area (Å²) >= 11 is 0. The predicted octanol–water partition coefficient (Wildman–Crippen LogP) is 0.588. The highest BCUT2D eigenvalue weighted by Gasteiger charge is 2.17. The molecule has 1 aliphatic rings. The Labute approximate surface area is 110 Å². The van der Waals surface area contributed by atoms with E-state index in [0.717, 1.165) is 39.0 Å². The van der Waals surface area contributed by atoms with Gasteiger partial charge in [0.1, 0.15) is 0 Å². The summed E-state index contributed by atoms with van der Waals surface area (Å²) in [4.78, 5) is 13.7. The molecule has 0 aromatic rings. The molecule has 0 aromatic carbocycles. The molecule has 0 spiro atoms. The summed E-state index contributed by atoms with van der Waals surface area (Å²) in [6, 6.07) is 0.760. The van der Waals surface area contributed by atoms with E-state index in [2.05, 4.69) is 21.5 Å². The molecular weight excluding hydrogens is 226 g/mol. The SMILES string of the molecule is C#CCN1CCC(NCCC(=O)NC(C)C)CC1. The highest BCUT2D eigenvalue weighted by atomic mass is 16.1. The zero-order valence-electron chi connectivity index (χ0n) is 11.5. The molecule has 1 fully saturated rings.